The Morgan fingerprint density at radius 2 is 1.90 bits per heavy atom. The molecule has 1 saturated heterocycles. The SMILES string of the molecule is CCNC(=NCc1ccc(N2CCOCC2)cc1)NCCc1ccc(OC)cc1Cl. The number of anilines is 1. The van der Waals surface area contributed by atoms with E-state index in [0.29, 0.717) is 6.54 Å². The first-order valence-corrected chi connectivity index (χ1v) is 10.8. The summed E-state index contributed by atoms with van der Waals surface area (Å²) in [6, 6.07) is 14.4. The van der Waals surface area contributed by atoms with Gasteiger partial charge in [-0.25, -0.2) is 4.99 Å². The number of hydrogen-bond acceptors (Lipinski definition) is 4. The monoisotopic (exact) mass is 430 g/mol. The lowest BCUT2D eigenvalue weighted by Gasteiger charge is -2.28. The Bertz CT molecular complexity index is 820. The number of morpholine rings is 1. The third-order valence-corrected chi connectivity index (χ3v) is 5.38. The lowest BCUT2D eigenvalue weighted by Crippen LogP contribution is -2.38. The van der Waals surface area contributed by atoms with E-state index in [1.54, 1.807) is 7.11 Å². The van der Waals surface area contributed by atoms with Gasteiger partial charge in [-0.3, -0.25) is 0 Å². The lowest BCUT2D eigenvalue weighted by atomic mass is 10.1. The fourth-order valence-electron chi connectivity index (χ4n) is 3.32. The van der Waals surface area contributed by atoms with E-state index in [9.17, 15) is 0 Å². The highest BCUT2D eigenvalue weighted by Gasteiger charge is 2.10. The molecule has 1 aliphatic rings. The largest absolute Gasteiger partial charge is 0.497 e. The van der Waals surface area contributed by atoms with Crippen LogP contribution in [0.4, 0.5) is 5.69 Å². The molecule has 2 aromatic carbocycles. The minimum absolute atomic E-state index is 0.627. The molecule has 0 atom stereocenters. The molecule has 3 rings (SSSR count). The Morgan fingerprint density at radius 1 is 1.13 bits per heavy atom. The smallest absolute Gasteiger partial charge is 0.191 e. The summed E-state index contributed by atoms with van der Waals surface area (Å²) < 4.78 is 10.6. The maximum absolute atomic E-state index is 6.33. The number of benzene rings is 2. The molecule has 0 aliphatic carbocycles. The van der Waals surface area contributed by atoms with Crippen LogP contribution in [0, 0.1) is 0 Å². The van der Waals surface area contributed by atoms with Crippen LogP contribution in [0.5, 0.6) is 5.75 Å². The fourth-order valence-corrected chi connectivity index (χ4v) is 3.58. The van der Waals surface area contributed by atoms with E-state index >= 15 is 0 Å². The zero-order valence-electron chi connectivity index (χ0n) is 17.8. The van der Waals surface area contributed by atoms with Gasteiger partial charge in [0.25, 0.3) is 0 Å². The molecule has 1 aliphatic heterocycles. The molecule has 7 heteroatoms. The molecular weight excluding hydrogens is 400 g/mol. The predicted octanol–water partition coefficient (Wildman–Crippen LogP) is 3.48. The Balaban J connectivity index is 1.52. The van der Waals surface area contributed by atoms with Gasteiger partial charge in [-0.1, -0.05) is 29.8 Å². The van der Waals surface area contributed by atoms with E-state index in [4.69, 9.17) is 26.1 Å². The minimum Gasteiger partial charge on any atom is -0.497 e. The molecule has 0 unspecified atom stereocenters. The fraction of sp³-hybridized carbons (Fsp3) is 0.435. The molecule has 0 bridgehead atoms. The summed E-state index contributed by atoms with van der Waals surface area (Å²) in [5.41, 5.74) is 3.51. The van der Waals surface area contributed by atoms with Gasteiger partial charge in [0.15, 0.2) is 5.96 Å². The maximum atomic E-state index is 6.33. The van der Waals surface area contributed by atoms with E-state index in [0.717, 1.165) is 68.1 Å². The van der Waals surface area contributed by atoms with Crippen molar-refractivity contribution in [3.05, 3.63) is 58.6 Å². The number of halogens is 1. The van der Waals surface area contributed by atoms with Gasteiger partial charge in [-0.2, -0.15) is 0 Å². The van der Waals surface area contributed by atoms with Gasteiger partial charge in [-0.05, 0) is 48.7 Å². The number of hydrogen-bond donors (Lipinski definition) is 2. The molecule has 0 amide bonds. The Kier molecular flexibility index (Phi) is 8.66. The summed E-state index contributed by atoms with van der Waals surface area (Å²) in [5.74, 6) is 1.57. The van der Waals surface area contributed by atoms with Gasteiger partial charge in [0, 0.05) is 36.9 Å². The average molecular weight is 431 g/mol. The van der Waals surface area contributed by atoms with Gasteiger partial charge in [-0.15, -0.1) is 0 Å². The average Bonchev–Trinajstić information content (AvgIpc) is 2.79. The molecule has 2 aromatic rings. The summed E-state index contributed by atoms with van der Waals surface area (Å²) in [6.45, 7) is 7.74. The number of aliphatic imine (C=N–C) groups is 1. The second kappa shape index (κ2) is 11.7. The zero-order chi connectivity index (χ0) is 21.2. The molecular formula is C23H31ClN4O2. The number of nitrogens with zero attached hydrogens (tertiary/aromatic N) is 2. The lowest BCUT2D eigenvalue weighted by molar-refractivity contribution is 0.122. The third-order valence-electron chi connectivity index (χ3n) is 5.02. The zero-order valence-corrected chi connectivity index (χ0v) is 18.5. The van der Waals surface area contributed by atoms with E-state index in [1.807, 2.05) is 18.2 Å². The number of nitrogens with one attached hydrogen (secondary N) is 2. The summed E-state index contributed by atoms with van der Waals surface area (Å²) in [5, 5.41) is 7.40. The highest BCUT2D eigenvalue weighted by molar-refractivity contribution is 6.31. The van der Waals surface area contributed by atoms with Crippen LogP contribution in [0.3, 0.4) is 0 Å². The summed E-state index contributed by atoms with van der Waals surface area (Å²) >= 11 is 6.33. The molecule has 1 heterocycles. The standard InChI is InChI=1S/C23H31ClN4O2/c1-3-25-23(26-11-10-19-6-9-21(29-2)16-22(19)24)27-17-18-4-7-20(8-5-18)28-12-14-30-15-13-28/h4-9,16H,3,10-15,17H2,1-2H3,(H2,25,26,27). The van der Waals surface area contributed by atoms with Crippen molar-refractivity contribution in [1.29, 1.82) is 0 Å². The predicted molar refractivity (Wildman–Crippen MR) is 124 cm³/mol. The molecule has 1 fully saturated rings. The highest BCUT2D eigenvalue weighted by atomic mass is 35.5. The molecule has 0 radical (unpaired) electrons. The van der Waals surface area contributed by atoms with Gasteiger partial charge >= 0.3 is 0 Å². The molecule has 0 saturated carbocycles. The van der Waals surface area contributed by atoms with Gasteiger partial charge in [0.05, 0.1) is 26.9 Å². The second-order valence-electron chi connectivity index (χ2n) is 7.10. The van der Waals surface area contributed by atoms with Crippen molar-refractivity contribution in [2.24, 2.45) is 4.99 Å². The molecule has 2 N–H and O–H groups in total. The van der Waals surface area contributed by atoms with Gasteiger partial charge in [0.1, 0.15) is 5.75 Å². The topological polar surface area (TPSA) is 58.1 Å². The normalized spacial score (nSPS) is 14.5. The Morgan fingerprint density at radius 3 is 2.57 bits per heavy atom. The summed E-state index contributed by atoms with van der Waals surface area (Å²) in [4.78, 5) is 7.07. The van der Waals surface area contributed by atoms with Crippen molar-refractivity contribution in [3.63, 3.8) is 0 Å². The molecule has 0 aromatic heterocycles. The number of methoxy groups -OCH3 is 1. The van der Waals surface area contributed by atoms with E-state index < -0.39 is 0 Å². The first-order valence-electron chi connectivity index (χ1n) is 10.5. The minimum atomic E-state index is 0.627. The number of rotatable bonds is 8. The molecule has 6 nitrogen and oxygen atoms in total. The van der Waals surface area contributed by atoms with Gasteiger partial charge < -0.3 is 25.0 Å². The first kappa shape index (κ1) is 22.2. The van der Waals surface area contributed by atoms with Crippen LogP contribution in [0.25, 0.3) is 0 Å². The van der Waals surface area contributed by atoms with E-state index in [2.05, 4.69) is 46.7 Å². The van der Waals surface area contributed by atoms with Crippen molar-refractivity contribution < 1.29 is 9.47 Å². The first-order chi connectivity index (χ1) is 14.7. The van der Waals surface area contributed by atoms with Crippen LogP contribution >= 0.6 is 11.6 Å². The van der Waals surface area contributed by atoms with Crippen molar-refractivity contribution in [1.82, 2.24) is 10.6 Å². The molecule has 30 heavy (non-hydrogen) atoms. The van der Waals surface area contributed by atoms with Crippen LogP contribution in [0.15, 0.2) is 47.5 Å². The second-order valence-corrected chi connectivity index (χ2v) is 7.50. The van der Waals surface area contributed by atoms with E-state index in [-0.39, 0.29) is 0 Å². The van der Waals surface area contributed by atoms with Crippen molar-refractivity contribution in [2.45, 2.75) is 19.9 Å². The van der Waals surface area contributed by atoms with Crippen LogP contribution in [-0.2, 0) is 17.7 Å². The van der Waals surface area contributed by atoms with Crippen molar-refractivity contribution >= 4 is 23.2 Å². The Labute approximate surface area is 184 Å². The maximum Gasteiger partial charge on any atom is 0.191 e. The molecule has 162 valence electrons. The summed E-state index contributed by atoms with van der Waals surface area (Å²) in [6.07, 6.45) is 0.807. The third kappa shape index (κ3) is 6.54. The van der Waals surface area contributed by atoms with Crippen molar-refractivity contribution in [3.8, 4) is 5.75 Å². The van der Waals surface area contributed by atoms with Crippen LogP contribution in [0.2, 0.25) is 5.02 Å². The highest BCUT2D eigenvalue weighted by Crippen LogP contribution is 2.22. The number of ether oxygens (including phenoxy) is 2. The Hall–Kier alpha value is -2.44. The van der Waals surface area contributed by atoms with Crippen LogP contribution in [-0.4, -0.2) is 52.5 Å². The summed E-state index contributed by atoms with van der Waals surface area (Å²) in [7, 11) is 1.64. The van der Waals surface area contributed by atoms with E-state index in [1.165, 1.54) is 11.3 Å². The quantitative estimate of drug-likeness (QED) is 0.496. The van der Waals surface area contributed by atoms with Gasteiger partial charge in [0.2, 0.25) is 0 Å². The van der Waals surface area contributed by atoms with Crippen LogP contribution < -0.4 is 20.3 Å². The van der Waals surface area contributed by atoms with Crippen LogP contribution in [0.1, 0.15) is 18.1 Å². The van der Waals surface area contributed by atoms with Crippen molar-refractivity contribution in [2.75, 3.05) is 51.4 Å². The molecule has 0 spiro atoms. The number of guanidine groups is 1.